The number of aromatic nitrogens is 5. The molecule has 0 bridgehead atoms. The highest BCUT2D eigenvalue weighted by molar-refractivity contribution is 9.10. The predicted octanol–water partition coefficient (Wildman–Crippen LogP) is 11.5. The maximum atomic E-state index is 12.8. The third-order valence-electron chi connectivity index (χ3n) is 16.2. The zero-order valence-corrected chi connectivity index (χ0v) is 60.0. The monoisotopic (exact) mass is 1480 g/mol. The van der Waals surface area contributed by atoms with Gasteiger partial charge in [-0.2, -0.15) is 10.2 Å². The van der Waals surface area contributed by atoms with Crippen LogP contribution in [0, 0.1) is 30.3 Å². The molecule has 3 atom stereocenters. The average molecular weight is 1480 g/mol. The highest BCUT2D eigenvalue weighted by Crippen LogP contribution is 2.47. The fraction of sp³-hybridized carbons (Fsp3) is 0.532. The number of benzene rings is 2. The molecule has 7 heterocycles. The van der Waals surface area contributed by atoms with Crippen molar-refractivity contribution < 1.29 is 72.4 Å². The van der Waals surface area contributed by atoms with Crippen molar-refractivity contribution in [1.82, 2.24) is 24.5 Å². The first kappa shape index (κ1) is 75.6. The van der Waals surface area contributed by atoms with Crippen LogP contribution in [0.15, 0.2) is 70.3 Å². The predicted molar refractivity (Wildman–Crippen MR) is 365 cm³/mol. The van der Waals surface area contributed by atoms with E-state index in [4.69, 9.17) is 38.8 Å². The van der Waals surface area contributed by atoms with Crippen molar-refractivity contribution in [2.75, 3.05) is 49.0 Å². The zero-order valence-electron chi connectivity index (χ0n) is 56.8. The summed E-state index contributed by atoms with van der Waals surface area (Å²) in [6, 6.07) is 7.56. The molecule has 11 rings (SSSR count). The first-order valence-corrected chi connectivity index (χ1v) is 32.9. The van der Waals surface area contributed by atoms with Gasteiger partial charge >= 0.3 is 25.4 Å². The van der Waals surface area contributed by atoms with E-state index in [1.165, 1.54) is 76.3 Å². The lowest BCUT2D eigenvalue weighted by molar-refractivity contribution is -0.742. The third kappa shape index (κ3) is 18.1. The van der Waals surface area contributed by atoms with E-state index < -0.39 is 33.2 Å². The lowest BCUT2D eigenvalue weighted by Gasteiger charge is -2.40. The standard InChI is InChI=1S/C21H25N5O5.C15H18BrN3O5.C14H18BrN3O3.C12H19BN2O2.HNO3/c1-12(2)31-21(28)23-10-13(3)25(14(4)27)20-8-18(26(29)30)17(7-19(20)23)15-9-22-24(11-15)16-5-6-16;1-8(2)24-15(21)17-7-9(3)18(10(4)20)14-6-12(19(22)23)11(16)5-13(14)17;1-8(2)21-14(20)17-7-9(3)18(10(4)19)13-12(17)5-11(15)6-16-13;1-11(2)12(3,4)17-13(16-11)9-7-14-15(8-9)10-5-6-10;2-1(3)4/h7-9,11-13,16H,5-6,10H2,1-4H3;5-6,8-9H,7H2,1-4H3;5-6,8-9H,7H2,1-4H3;7-8,10H,5-6H2,1-4H3;(H,2,3,4)/t13-;2*9-;;/m000../s1. The molecule has 1 saturated heterocycles. The molecule has 6 amide bonds. The van der Waals surface area contributed by atoms with E-state index in [0.29, 0.717) is 64.0 Å². The normalized spacial score (nSPS) is 18.7. The molecule has 6 aliphatic rings. The van der Waals surface area contributed by atoms with Crippen molar-refractivity contribution in [3.05, 3.63) is 101 Å². The first-order valence-electron chi connectivity index (χ1n) is 31.3. The number of fused-ring (bicyclic) bond motifs is 3. The van der Waals surface area contributed by atoms with E-state index >= 15 is 0 Å². The Hall–Kier alpha value is -8.83. The highest BCUT2D eigenvalue weighted by atomic mass is 79.9. The number of hydrogen-bond donors (Lipinski definition) is 1. The number of ether oxygens (including phenoxy) is 3. The smallest absolute Gasteiger partial charge is 0.446 e. The van der Waals surface area contributed by atoms with E-state index in [9.17, 15) is 49.0 Å². The number of amides is 6. The lowest BCUT2D eigenvalue weighted by atomic mass is 9.82. The molecule has 3 fully saturated rings. The Morgan fingerprint density at radius 2 is 0.969 bits per heavy atom. The van der Waals surface area contributed by atoms with Crippen molar-refractivity contribution in [2.24, 2.45) is 0 Å². The van der Waals surface area contributed by atoms with Crippen molar-refractivity contribution in [3.8, 4) is 11.1 Å². The Morgan fingerprint density at radius 1 is 0.577 bits per heavy atom. The largest absolute Gasteiger partial charge is 0.498 e. The van der Waals surface area contributed by atoms with Crippen molar-refractivity contribution in [3.63, 3.8) is 0 Å². The minimum atomic E-state index is -1.50. The van der Waals surface area contributed by atoms with Gasteiger partial charge in [0, 0.05) is 86.3 Å². The van der Waals surface area contributed by atoms with Crippen molar-refractivity contribution in [1.29, 1.82) is 0 Å². The number of pyridine rings is 1. The summed E-state index contributed by atoms with van der Waals surface area (Å²) in [6.07, 6.45) is 11.1. The number of halogens is 2. The molecule has 32 nitrogen and oxygen atoms in total. The van der Waals surface area contributed by atoms with E-state index in [-0.39, 0.29) is 101 Å². The number of nitro benzene ring substituents is 2. The van der Waals surface area contributed by atoms with Crippen LogP contribution in [-0.2, 0) is 37.9 Å². The molecular formula is C62H81BBr2N14O18. The van der Waals surface area contributed by atoms with Crippen molar-refractivity contribution in [2.45, 2.75) is 196 Å². The summed E-state index contributed by atoms with van der Waals surface area (Å²) >= 11 is 6.50. The summed E-state index contributed by atoms with van der Waals surface area (Å²) in [5.41, 5.74) is 3.08. The van der Waals surface area contributed by atoms with Gasteiger partial charge in [-0.3, -0.25) is 63.6 Å². The Labute approximate surface area is 577 Å². The van der Waals surface area contributed by atoms with Crippen LogP contribution in [0.5, 0.6) is 0 Å². The Balaban J connectivity index is 0.000000182. The van der Waals surface area contributed by atoms with Crippen LogP contribution < -0.4 is 34.9 Å². The highest BCUT2D eigenvalue weighted by Gasteiger charge is 2.52. The van der Waals surface area contributed by atoms with Gasteiger partial charge in [-0.25, -0.2) is 19.4 Å². The van der Waals surface area contributed by atoms with E-state index in [2.05, 4.69) is 80.9 Å². The van der Waals surface area contributed by atoms with Gasteiger partial charge in [0.2, 0.25) is 17.7 Å². The average Bonchev–Trinajstić information content (AvgIpc) is 1.74. The van der Waals surface area contributed by atoms with Crippen LogP contribution in [0.4, 0.5) is 60.0 Å². The SMILES string of the molecule is CC(=O)N1c2cc([N+](=O)[O-])c(-c3cnn(C4CC4)c3)cc2N(C(=O)OC(C)C)C[C@@H]1C.CC(=O)N1c2cc([N+](=O)[O-])c(Br)cc2N(C(=O)OC(C)C)C[C@@H]1C.CC(=O)N1c2ncc(Br)cc2N(C(=O)OC(C)C)C[C@@H]1C.CC1(C)OB(c2cnn(C3CC3)c2)OC1(C)C.O=[N+]([O-])O. The van der Waals surface area contributed by atoms with E-state index in [1.807, 2.05) is 22.5 Å². The van der Waals surface area contributed by atoms with E-state index in [1.54, 1.807) is 91.0 Å². The third-order valence-corrected chi connectivity index (χ3v) is 17.3. The minimum absolute atomic E-state index is 0.101. The molecule has 0 unspecified atom stereocenters. The van der Waals surface area contributed by atoms with Gasteiger partial charge in [0.1, 0.15) is 0 Å². The molecule has 3 aromatic heterocycles. The van der Waals surface area contributed by atoms with Crippen LogP contribution in [0.3, 0.4) is 0 Å². The van der Waals surface area contributed by atoms with Crippen molar-refractivity contribution >= 4 is 126 Å². The van der Waals surface area contributed by atoms with Crippen LogP contribution in [-0.4, -0.2) is 155 Å². The van der Waals surface area contributed by atoms with Crippen LogP contribution in [0.2, 0.25) is 0 Å². The summed E-state index contributed by atoms with van der Waals surface area (Å²) < 4.78 is 32.7. The molecule has 5 aromatic rings. The number of nitrogens with zero attached hydrogens (tertiary/aromatic N) is 14. The Kier molecular flexibility index (Phi) is 23.9. The molecule has 0 radical (unpaired) electrons. The molecule has 0 spiro atoms. The van der Waals surface area contributed by atoms with Crippen LogP contribution in [0.25, 0.3) is 11.1 Å². The molecule has 2 saturated carbocycles. The first-order chi connectivity index (χ1) is 45.2. The fourth-order valence-corrected chi connectivity index (χ4v) is 11.8. The summed E-state index contributed by atoms with van der Waals surface area (Å²) in [4.78, 5) is 117. The topological polar surface area (TPSA) is 366 Å². The molecule has 2 aliphatic carbocycles. The van der Waals surface area contributed by atoms with Gasteiger partial charge in [-0.15, -0.1) is 10.1 Å². The van der Waals surface area contributed by atoms with Gasteiger partial charge in [0.05, 0.1) is 121 Å². The minimum Gasteiger partial charge on any atom is -0.446 e. The van der Waals surface area contributed by atoms with Crippen LogP contribution in [0.1, 0.15) is 149 Å². The van der Waals surface area contributed by atoms with Gasteiger partial charge in [0.25, 0.3) is 16.5 Å². The number of rotatable bonds is 9. The summed E-state index contributed by atoms with van der Waals surface area (Å²) in [6.45, 7) is 29.4. The second-order valence-electron chi connectivity index (χ2n) is 25.8. The van der Waals surface area contributed by atoms with E-state index in [0.717, 1.165) is 22.8 Å². The number of carbonyl (C=O) groups is 6. The molecular weight excluding hydrogens is 1400 g/mol. The number of carbonyl (C=O) groups excluding carboxylic acids is 6. The van der Waals surface area contributed by atoms with Gasteiger partial charge in [0.15, 0.2) is 5.82 Å². The van der Waals surface area contributed by atoms with Gasteiger partial charge in [-0.05, 0) is 166 Å². The lowest BCUT2D eigenvalue weighted by Crippen LogP contribution is -2.52. The fourth-order valence-electron chi connectivity index (χ4n) is 11.0. The molecule has 2 aromatic carbocycles. The Morgan fingerprint density at radius 3 is 1.38 bits per heavy atom. The maximum Gasteiger partial charge on any atom is 0.498 e. The number of hydrogen-bond acceptors (Lipinski definition) is 20. The summed E-state index contributed by atoms with van der Waals surface area (Å²) in [7, 11) is -0.285. The van der Waals surface area contributed by atoms with Gasteiger partial charge in [-0.1, -0.05) is 0 Å². The maximum absolute atomic E-state index is 12.8. The summed E-state index contributed by atoms with van der Waals surface area (Å²) in [5.74, 6) is -0.132. The second-order valence-corrected chi connectivity index (χ2v) is 27.5. The van der Waals surface area contributed by atoms with Gasteiger partial charge < -0.3 is 38.5 Å². The molecule has 4 aliphatic heterocycles. The quantitative estimate of drug-likeness (QED) is 0.0620. The van der Waals surface area contributed by atoms with Crippen LogP contribution >= 0.6 is 31.9 Å². The molecule has 1 N–H and O–H groups in total. The molecule has 524 valence electrons. The zero-order chi connectivity index (χ0) is 72.2. The Bertz CT molecular complexity index is 3800. The number of nitro groups is 2. The molecule has 35 heteroatoms. The summed E-state index contributed by atoms with van der Waals surface area (Å²) in [5, 5.41) is 45.5. The number of anilines is 6. The second kappa shape index (κ2) is 30.7. The molecule has 97 heavy (non-hydrogen) atoms.